The minimum absolute atomic E-state index is 0.0357. The third kappa shape index (κ3) is 2.54. The second-order valence-electron chi connectivity index (χ2n) is 6.05. The third-order valence-electron chi connectivity index (χ3n) is 4.95. The van der Waals surface area contributed by atoms with Gasteiger partial charge in [-0.2, -0.15) is 0 Å². The van der Waals surface area contributed by atoms with Gasteiger partial charge in [-0.15, -0.1) is 0 Å². The van der Waals surface area contributed by atoms with E-state index in [2.05, 4.69) is 9.88 Å². The molecule has 0 aromatic carbocycles. The Labute approximate surface area is 115 Å². The number of hydrogen-bond donors (Lipinski definition) is 1. The van der Waals surface area contributed by atoms with Gasteiger partial charge in [0.2, 0.25) is 0 Å². The molecule has 1 unspecified atom stereocenters. The molecule has 1 saturated carbocycles. The first kappa shape index (κ1) is 13.1. The standard InChI is InChI=1S/C16H24N2O/c19-15(13-14-7-1-4-10-17-14)16(8-2-3-9-16)18-11-5-6-12-18/h1,4,7,10,15,19H,2-3,5-6,8-9,11-13H2. The molecule has 3 nitrogen and oxygen atoms in total. The van der Waals surface area contributed by atoms with Crippen molar-refractivity contribution in [1.29, 1.82) is 0 Å². The number of rotatable bonds is 4. The molecule has 0 amide bonds. The van der Waals surface area contributed by atoms with Crippen LogP contribution >= 0.6 is 0 Å². The maximum atomic E-state index is 10.8. The Morgan fingerprint density at radius 3 is 2.53 bits per heavy atom. The Balaban J connectivity index is 1.76. The van der Waals surface area contributed by atoms with Crippen molar-refractivity contribution in [1.82, 2.24) is 9.88 Å². The fraction of sp³-hybridized carbons (Fsp3) is 0.688. The molecule has 1 atom stereocenters. The number of aromatic nitrogens is 1. The SMILES string of the molecule is OC(Cc1ccccn1)C1(N2CCCC2)CCCC1. The molecule has 0 bridgehead atoms. The topological polar surface area (TPSA) is 36.4 Å². The molecular formula is C16H24N2O. The second-order valence-corrected chi connectivity index (χ2v) is 6.05. The van der Waals surface area contributed by atoms with E-state index >= 15 is 0 Å². The van der Waals surface area contributed by atoms with Crippen molar-refractivity contribution in [3.05, 3.63) is 30.1 Å². The zero-order valence-electron chi connectivity index (χ0n) is 11.6. The average molecular weight is 260 g/mol. The molecule has 1 aliphatic carbocycles. The molecule has 3 heteroatoms. The lowest BCUT2D eigenvalue weighted by Gasteiger charge is -2.42. The van der Waals surface area contributed by atoms with Gasteiger partial charge in [-0.05, 0) is 50.9 Å². The number of likely N-dealkylation sites (tertiary alicyclic amines) is 1. The van der Waals surface area contributed by atoms with E-state index in [-0.39, 0.29) is 11.6 Å². The Hall–Kier alpha value is -0.930. The predicted molar refractivity (Wildman–Crippen MR) is 76.0 cm³/mol. The molecule has 3 rings (SSSR count). The van der Waals surface area contributed by atoms with Crippen LogP contribution in [0.3, 0.4) is 0 Å². The summed E-state index contributed by atoms with van der Waals surface area (Å²) in [4.78, 5) is 6.93. The summed E-state index contributed by atoms with van der Waals surface area (Å²) < 4.78 is 0. The van der Waals surface area contributed by atoms with Gasteiger partial charge >= 0.3 is 0 Å². The van der Waals surface area contributed by atoms with E-state index in [0.717, 1.165) is 18.5 Å². The first-order chi connectivity index (χ1) is 9.31. The molecule has 2 heterocycles. The summed E-state index contributed by atoms with van der Waals surface area (Å²) in [5.74, 6) is 0. The Kier molecular flexibility index (Phi) is 3.85. The molecule has 2 aliphatic rings. The lowest BCUT2D eigenvalue weighted by atomic mass is 9.85. The van der Waals surface area contributed by atoms with Crippen molar-refractivity contribution < 1.29 is 5.11 Å². The van der Waals surface area contributed by atoms with Gasteiger partial charge in [0.15, 0.2) is 0 Å². The van der Waals surface area contributed by atoms with Crippen LogP contribution in [0.2, 0.25) is 0 Å². The first-order valence-electron chi connectivity index (χ1n) is 7.64. The van der Waals surface area contributed by atoms with E-state index in [9.17, 15) is 5.11 Å². The molecule has 1 saturated heterocycles. The lowest BCUT2D eigenvalue weighted by molar-refractivity contribution is -0.0176. The van der Waals surface area contributed by atoms with Crippen molar-refractivity contribution >= 4 is 0 Å². The van der Waals surface area contributed by atoms with Crippen molar-refractivity contribution in [2.45, 2.75) is 56.6 Å². The van der Waals surface area contributed by atoms with Gasteiger partial charge in [-0.25, -0.2) is 0 Å². The lowest BCUT2D eigenvalue weighted by Crippen LogP contribution is -2.54. The number of aliphatic hydroxyl groups is 1. The highest BCUT2D eigenvalue weighted by Crippen LogP contribution is 2.40. The molecular weight excluding hydrogens is 236 g/mol. The summed E-state index contributed by atoms with van der Waals surface area (Å²) in [5, 5.41) is 10.8. The monoisotopic (exact) mass is 260 g/mol. The summed E-state index contributed by atoms with van der Waals surface area (Å²) in [6.07, 6.45) is 9.64. The molecule has 1 aromatic heterocycles. The Bertz CT molecular complexity index is 394. The van der Waals surface area contributed by atoms with Crippen LogP contribution in [0.1, 0.15) is 44.2 Å². The van der Waals surface area contributed by atoms with E-state index in [1.807, 2.05) is 24.4 Å². The first-order valence-corrected chi connectivity index (χ1v) is 7.64. The minimum Gasteiger partial charge on any atom is -0.391 e. The third-order valence-corrected chi connectivity index (χ3v) is 4.95. The highest BCUT2D eigenvalue weighted by molar-refractivity contribution is 5.10. The van der Waals surface area contributed by atoms with Crippen LogP contribution in [0, 0.1) is 0 Å². The number of nitrogens with zero attached hydrogens (tertiary/aromatic N) is 2. The van der Waals surface area contributed by atoms with Gasteiger partial charge in [0.05, 0.1) is 6.10 Å². The smallest absolute Gasteiger partial charge is 0.0779 e. The molecule has 0 spiro atoms. The predicted octanol–water partition coefficient (Wildman–Crippen LogP) is 2.39. The maximum absolute atomic E-state index is 10.8. The minimum atomic E-state index is -0.275. The zero-order valence-corrected chi connectivity index (χ0v) is 11.6. The highest BCUT2D eigenvalue weighted by atomic mass is 16.3. The van der Waals surface area contributed by atoms with Crippen molar-refractivity contribution in [2.24, 2.45) is 0 Å². The Morgan fingerprint density at radius 1 is 1.16 bits per heavy atom. The van der Waals surface area contributed by atoms with Crippen molar-refractivity contribution in [3.63, 3.8) is 0 Å². The van der Waals surface area contributed by atoms with Crippen LogP contribution in [-0.2, 0) is 6.42 Å². The zero-order chi connectivity index (χ0) is 13.1. The van der Waals surface area contributed by atoms with Gasteiger partial charge < -0.3 is 5.11 Å². The van der Waals surface area contributed by atoms with E-state index in [4.69, 9.17) is 0 Å². The molecule has 19 heavy (non-hydrogen) atoms. The highest BCUT2D eigenvalue weighted by Gasteiger charge is 2.45. The van der Waals surface area contributed by atoms with E-state index in [1.54, 1.807) is 0 Å². The van der Waals surface area contributed by atoms with E-state index in [1.165, 1.54) is 38.8 Å². The fourth-order valence-corrected chi connectivity index (χ4v) is 3.92. The van der Waals surface area contributed by atoms with Gasteiger partial charge in [0.1, 0.15) is 0 Å². The fourth-order valence-electron chi connectivity index (χ4n) is 3.92. The molecule has 104 valence electrons. The number of hydrogen-bond acceptors (Lipinski definition) is 3. The van der Waals surface area contributed by atoms with Gasteiger partial charge in [-0.1, -0.05) is 18.9 Å². The van der Waals surface area contributed by atoms with E-state index < -0.39 is 0 Å². The average Bonchev–Trinajstić information content (AvgIpc) is 3.12. The summed E-state index contributed by atoms with van der Waals surface area (Å²) >= 11 is 0. The van der Waals surface area contributed by atoms with Crippen LogP contribution in [0.4, 0.5) is 0 Å². The van der Waals surface area contributed by atoms with Gasteiger partial charge in [0, 0.05) is 23.9 Å². The van der Waals surface area contributed by atoms with Gasteiger partial charge in [-0.3, -0.25) is 9.88 Å². The number of pyridine rings is 1. The van der Waals surface area contributed by atoms with Gasteiger partial charge in [0.25, 0.3) is 0 Å². The second kappa shape index (κ2) is 5.59. The molecule has 1 N–H and O–H groups in total. The Morgan fingerprint density at radius 2 is 1.89 bits per heavy atom. The maximum Gasteiger partial charge on any atom is 0.0779 e. The van der Waals surface area contributed by atoms with Crippen molar-refractivity contribution in [3.8, 4) is 0 Å². The summed E-state index contributed by atoms with van der Waals surface area (Å²) in [5.41, 5.74) is 1.05. The molecule has 0 radical (unpaired) electrons. The quantitative estimate of drug-likeness (QED) is 0.903. The van der Waals surface area contributed by atoms with Crippen LogP contribution in [0.5, 0.6) is 0 Å². The largest absolute Gasteiger partial charge is 0.391 e. The summed E-state index contributed by atoms with van der Waals surface area (Å²) in [7, 11) is 0. The number of aliphatic hydroxyl groups excluding tert-OH is 1. The van der Waals surface area contributed by atoms with Crippen LogP contribution in [-0.4, -0.2) is 39.7 Å². The van der Waals surface area contributed by atoms with Crippen LogP contribution < -0.4 is 0 Å². The summed E-state index contributed by atoms with van der Waals surface area (Å²) in [6, 6.07) is 5.96. The molecule has 1 aromatic rings. The molecule has 1 aliphatic heterocycles. The van der Waals surface area contributed by atoms with E-state index in [0.29, 0.717) is 6.42 Å². The summed E-state index contributed by atoms with van der Waals surface area (Å²) in [6.45, 7) is 2.33. The normalized spacial score (nSPS) is 24.7. The van der Waals surface area contributed by atoms with Crippen LogP contribution in [0.25, 0.3) is 0 Å². The van der Waals surface area contributed by atoms with Crippen LogP contribution in [0.15, 0.2) is 24.4 Å². The van der Waals surface area contributed by atoms with Crippen molar-refractivity contribution in [2.75, 3.05) is 13.1 Å². The molecule has 2 fully saturated rings.